The van der Waals surface area contributed by atoms with E-state index in [1.807, 2.05) is 18.7 Å². The summed E-state index contributed by atoms with van der Waals surface area (Å²) >= 11 is 5.13. The van der Waals surface area contributed by atoms with Gasteiger partial charge in [0, 0.05) is 16.4 Å². The quantitative estimate of drug-likeness (QED) is 0.613. The first-order valence-corrected chi connectivity index (χ1v) is 7.97. The Labute approximate surface area is 108 Å². The minimum atomic E-state index is -0.787. The fraction of sp³-hybridized carbons (Fsp3) is 0.600. The van der Waals surface area contributed by atoms with Crippen molar-refractivity contribution in [2.75, 3.05) is 17.3 Å². The number of hydrogen-bond acceptors (Lipinski definition) is 5. The minimum absolute atomic E-state index is 0.0910. The van der Waals surface area contributed by atoms with Crippen LogP contribution in [0.5, 0.6) is 0 Å². The summed E-state index contributed by atoms with van der Waals surface area (Å²) in [6.45, 7) is 4.02. The van der Waals surface area contributed by atoms with Crippen LogP contribution in [0, 0.1) is 6.92 Å². The summed E-state index contributed by atoms with van der Waals surface area (Å²) in [6, 6.07) is 0. The fourth-order valence-corrected chi connectivity index (χ4v) is 4.14. The van der Waals surface area contributed by atoms with E-state index in [9.17, 15) is 4.79 Å². The maximum absolute atomic E-state index is 10.6. The second-order valence-corrected chi connectivity index (χ2v) is 6.92. The molecule has 0 amide bonds. The van der Waals surface area contributed by atoms with Crippen LogP contribution in [0.2, 0.25) is 0 Å². The molecule has 0 spiro atoms. The van der Waals surface area contributed by atoms with Gasteiger partial charge in [0.2, 0.25) is 0 Å². The summed E-state index contributed by atoms with van der Waals surface area (Å²) in [6.07, 6.45) is 0.0910. The van der Waals surface area contributed by atoms with E-state index in [0.717, 1.165) is 32.2 Å². The van der Waals surface area contributed by atoms with Crippen molar-refractivity contribution in [1.82, 2.24) is 4.98 Å². The summed E-state index contributed by atoms with van der Waals surface area (Å²) in [4.78, 5) is 15.8. The molecule has 1 N–H and O–H groups in total. The molecule has 1 aromatic rings. The summed E-state index contributed by atoms with van der Waals surface area (Å²) in [5.74, 6) is 2.51. The Morgan fingerprint density at radius 2 is 2.25 bits per heavy atom. The fourth-order valence-electron chi connectivity index (χ4n) is 1.10. The molecule has 0 radical (unpaired) electrons. The number of nitrogens with zero attached hydrogens (tertiary/aromatic N) is 1. The normalized spacial score (nSPS) is 10.6. The van der Waals surface area contributed by atoms with Crippen LogP contribution < -0.4 is 0 Å². The number of aryl methyl sites for hydroxylation is 1. The molecule has 0 atom stereocenters. The molecular formula is C10H15NO2S3. The van der Waals surface area contributed by atoms with Gasteiger partial charge in [0.1, 0.15) is 4.34 Å². The smallest absolute Gasteiger partial charge is 0.308 e. The van der Waals surface area contributed by atoms with Crippen LogP contribution in [0.4, 0.5) is 0 Å². The van der Waals surface area contributed by atoms with Crippen LogP contribution in [-0.4, -0.2) is 33.3 Å². The third-order valence-electron chi connectivity index (χ3n) is 1.84. The van der Waals surface area contributed by atoms with Crippen molar-refractivity contribution in [3.05, 3.63) is 10.6 Å². The lowest BCUT2D eigenvalue weighted by Crippen LogP contribution is -1.99. The highest BCUT2D eigenvalue weighted by Gasteiger charge is 2.10. The molecule has 0 saturated carbocycles. The van der Waals surface area contributed by atoms with E-state index in [0.29, 0.717) is 0 Å². The molecule has 0 saturated heterocycles. The monoisotopic (exact) mass is 277 g/mol. The third kappa shape index (κ3) is 4.76. The van der Waals surface area contributed by atoms with E-state index < -0.39 is 5.97 Å². The van der Waals surface area contributed by atoms with E-state index in [2.05, 4.69) is 11.9 Å². The van der Waals surface area contributed by atoms with Crippen molar-refractivity contribution in [1.29, 1.82) is 0 Å². The van der Waals surface area contributed by atoms with Crippen LogP contribution in [0.25, 0.3) is 0 Å². The van der Waals surface area contributed by atoms with E-state index >= 15 is 0 Å². The molecule has 3 nitrogen and oxygen atoms in total. The van der Waals surface area contributed by atoms with Crippen LogP contribution in [0.1, 0.15) is 17.5 Å². The molecule has 90 valence electrons. The SMILES string of the molecule is CCSCCSc1nc(C)c(CC(=O)O)s1. The molecule has 1 aromatic heterocycles. The molecule has 16 heavy (non-hydrogen) atoms. The van der Waals surface area contributed by atoms with Crippen molar-refractivity contribution in [3.8, 4) is 0 Å². The summed E-state index contributed by atoms with van der Waals surface area (Å²) in [5.41, 5.74) is 0.859. The first-order chi connectivity index (χ1) is 7.63. The van der Waals surface area contributed by atoms with Gasteiger partial charge in [-0.2, -0.15) is 11.8 Å². The number of aliphatic carboxylic acids is 1. The third-order valence-corrected chi connectivity index (χ3v) is 5.30. The van der Waals surface area contributed by atoms with E-state index in [1.165, 1.54) is 11.3 Å². The number of aromatic nitrogens is 1. The van der Waals surface area contributed by atoms with Gasteiger partial charge in [-0.05, 0) is 12.7 Å². The van der Waals surface area contributed by atoms with Gasteiger partial charge in [0.25, 0.3) is 0 Å². The second-order valence-electron chi connectivity index (χ2n) is 3.10. The molecule has 1 heterocycles. The molecular weight excluding hydrogens is 262 g/mol. The average molecular weight is 277 g/mol. The van der Waals surface area contributed by atoms with Crippen molar-refractivity contribution in [3.63, 3.8) is 0 Å². The topological polar surface area (TPSA) is 50.2 Å². The van der Waals surface area contributed by atoms with Crippen molar-refractivity contribution < 1.29 is 9.90 Å². The molecule has 0 fully saturated rings. The van der Waals surface area contributed by atoms with Gasteiger partial charge < -0.3 is 5.11 Å². The number of thiazole rings is 1. The van der Waals surface area contributed by atoms with Gasteiger partial charge in [-0.15, -0.1) is 11.3 Å². The Balaban J connectivity index is 2.45. The van der Waals surface area contributed by atoms with Crippen LogP contribution in [0.15, 0.2) is 4.34 Å². The lowest BCUT2D eigenvalue weighted by atomic mass is 10.3. The van der Waals surface area contributed by atoms with Crippen LogP contribution >= 0.6 is 34.9 Å². The van der Waals surface area contributed by atoms with Crippen molar-refractivity contribution in [2.24, 2.45) is 0 Å². The molecule has 0 aliphatic rings. The maximum atomic E-state index is 10.6. The Morgan fingerprint density at radius 1 is 1.50 bits per heavy atom. The Bertz CT molecular complexity index is 352. The molecule has 0 unspecified atom stereocenters. The minimum Gasteiger partial charge on any atom is -0.481 e. The average Bonchev–Trinajstić information content (AvgIpc) is 2.54. The number of rotatable bonds is 7. The molecule has 6 heteroatoms. The van der Waals surface area contributed by atoms with Gasteiger partial charge >= 0.3 is 5.97 Å². The summed E-state index contributed by atoms with van der Waals surface area (Å²) in [7, 11) is 0. The number of carbonyl (C=O) groups is 1. The van der Waals surface area contributed by atoms with E-state index in [1.54, 1.807) is 11.8 Å². The van der Waals surface area contributed by atoms with Crippen molar-refractivity contribution >= 4 is 40.8 Å². The number of hydrogen-bond donors (Lipinski definition) is 1. The molecule has 0 bridgehead atoms. The van der Waals surface area contributed by atoms with Crippen LogP contribution in [-0.2, 0) is 11.2 Å². The summed E-state index contributed by atoms with van der Waals surface area (Å²) < 4.78 is 0.991. The Morgan fingerprint density at radius 3 is 2.88 bits per heavy atom. The zero-order chi connectivity index (χ0) is 12.0. The first-order valence-electron chi connectivity index (χ1n) is 5.02. The lowest BCUT2D eigenvalue weighted by molar-refractivity contribution is -0.136. The number of carboxylic acids is 1. The maximum Gasteiger partial charge on any atom is 0.308 e. The molecule has 0 aliphatic heterocycles. The highest BCUT2D eigenvalue weighted by molar-refractivity contribution is 8.03. The molecule has 1 rings (SSSR count). The van der Waals surface area contributed by atoms with Gasteiger partial charge in [-0.1, -0.05) is 18.7 Å². The van der Waals surface area contributed by atoms with Gasteiger partial charge in [0.05, 0.1) is 12.1 Å². The van der Waals surface area contributed by atoms with E-state index in [-0.39, 0.29) is 6.42 Å². The summed E-state index contributed by atoms with van der Waals surface area (Å²) in [5, 5.41) is 8.72. The van der Waals surface area contributed by atoms with Gasteiger partial charge in [0.15, 0.2) is 0 Å². The zero-order valence-corrected chi connectivity index (χ0v) is 11.8. The number of thioether (sulfide) groups is 2. The Hall–Kier alpha value is -0.200. The lowest BCUT2D eigenvalue weighted by Gasteiger charge is -1.95. The highest BCUT2D eigenvalue weighted by atomic mass is 32.2. The standard InChI is InChI=1S/C10H15NO2S3/c1-3-14-4-5-15-10-11-7(2)8(16-10)6-9(12)13/h3-6H2,1-2H3,(H,12,13). The predicted octanol–water partition coefficient (Wildman–Crippen LogP) is 2.92. The molecule has 0 aromatic carbocycles. The second kappa shape index (κ2) is 7.19. The van der Waals surface area contributed by atoms with Crippen LogP contribution in [0.3, 0.4) is 0 Å². The number of carboxylic acid groups (broad SMARTS) is 1. The largest absolute Gasteiger partial charge is 0.481 e. The zero-order valence-electron chi connectivity index (χ0n) is 9.36. The Kier molecular flexibility index (Phi) is 6.23. The predicted molar refractivity (Wildman–Crippen MR) is 71.9 cm³/mol. The molecule has 0 aliphatic carbocycles. The highest BCUT2D eigenvalue weighted by Crippen LogP contribution is 2.28. The van der Waals surface area contributed by atoms with Crippen molar-refractivity contribution in [2.45, 2.75) is 24.6 Å². The first kappa shape index (κ1) is 13.9. The van der Waals surface area contributed by atoms with Gasteiger partial charge in [-0.25, -0.2) is 4.98 Å². The van der Waals surface area contributed by atoms with E-state index in [4.69, 9.17) is 5.11 Å². The van der Waals surface area contributed by atoms with Gasteiger partial charge in [-0.3, -0.25) is 4.79 Å².